The van der Waals surface area contributed by atoms with E-state index in [9.17, 15) is 9.59 Å². The van der Waals surface area contributed by atoms with Crippen LogP contribution < -0.4 is 0 Å². The quantitative estimate of drug-likeness (QED) is 0.456. The zero-order valence-electron chi connectivity index (χ0n) is 8.11. The highest BCUT2D eigenvalue weighted by atomic mass is 32.2. The third kappa shape index (κ3) is 3.76. The molecule has 7 nitrogen and oxygen atoms in total. The number of thioether (sulfide) groups is 1. The van der Waals surface area contributed by atoms with Gasteiger partial charge in [-0.25, -0.2) is 4.79 Å². The Balaban J connectivity index is 2.70. The van der Waals surface area contributed by atoms with Crippen LogP contribution in [0.1, 0.15) is 11.4 Å². The third-order valence-electron chi connectivity index (χ3n) is 1.46. The van der Waals surface area contributed by atoms with Crippen molar-refractivity contribution >= 4 is 35.0 Å². The number of aliphatic carboxylic acids is 1. The van der Waals surface area contributed by atoms with Crippen molar-refractivity contribution in [1.82, 2.24) is 10.2 Å². The Morgan fingerprint density at radius 1 is 1.56 bits per heavy atom. The highest BCUT2D eigenvalue weighted by molar-refractivity contribution is 8.02. The first-order valence-electron chi connectivity index (χ1n) is 4.06. The number of nitrogens with zero attached hydrogens (tertiary/aromatic N) is 2. The standard InChI is InChI=1S/C7H8N2O5S2/c1-3-8-9-7(15-3)16-4(2-5(10)11)6(12)14-13/h4,13H,2H2,1H3,(H,10,11). The van der Waals surface area contributed by atoms with Gasteiger partial charge >= 0.3 is 11.9 Å². The van der Waals surface area contributed by atoms with Gasteiger partial charge in [-0.15, -0.1) is 10.2 Å². The van der Waals surface area contributed by atoms with Crippen LogP contribution in [0.4, 0.5) is 0 Å². The maximum absolute atomic E-state index is 11.1. The number of carboxylic acids is 1. The van der Waals surface area contributed by atoms with Crippen molar-refractivity contribution in [3.63, 3.8) is 0 Å². The minimum absolute atomic E-state index is 0.453. The van der Waals surface area contributed by atoms with Crippen LogP contribution >= 0.6 is 23.1 Å². The molecule has 0 saturated carbocycles. The van der Waals surface area contributed by atoms with E-state index in [0.29, 0.717) is 9.35 Å². The molecule has 0 radical (unpaired) electrons. The fourth-order valence-corrected chi connectivity index (χ4v) is 2.85. The predicted octanol–water partition coefficient (Wildman–Crippen LogP) is 0.798. The summed E-state index contributed by atoms with van der Waals surface area (Å²) in [6.07, 6.45) is -0.456. The average Bonchev–Trinajstić information content (AvgIpc) is 2.61. The first-order valence-corrected chi connectivity index (χ1v) is 5.76. The summed E-state index contributed by atoms with van der Waals surface area (Å²) in [7, 11) is 0. The first-order chi connectivity index (χ1) is 7.52. The molecule has 2 N–H and O–H groups in total. The molecule has 1 aromatic rings. The molecule has 9 heteroatoms. The number of carbonyl (C=O) groups is 2. The Kier molecular flexibility index (Phi) is 4.65. The second kappa shape index (κ2) is 5.77. The lowest BCUT2D eigenvalue weighted by Gasteiger charge is -2.07. The summed E-state index contributed by atoms with van der Waals surface area (Å²) in [5, 5.41) is 23.9. The minimum Gasteiger partial charge on any atom is -0.481 e. The molecule has 0 aliphatic rings. The molecule has 88 valence electrons. The first kappa shape index (κ1) is 12.9. The Bertz CT molecular complexity index is 394. The minimum atomic E-state index is -1.16. The summed E-state index contributed by atoms with van der Waals surface area (Å²) in [5.41, 5.74) is 0. The molecule has 0 spiro atoms. The van der Waals surface area contributed by atoms with Crippen molar-refractivity contribution in [1.29, 1.82) is 0 Å². The van der Waals surface area contributed by atoms with Crippen molar-refractivity contribution in [2.75, 3.05) is 0 Å². The smallest absolute Gasteiger partial charge is 0.355 e. The highest BCUT2D eigenvalue weighted by Crippen LogP contribution is 2.28. The number of carbonyl (C=O) groups excluding carboxylic acids is 1. The number of carboxylic acid groups (broad SMARTS) is 1. The fraction of sp³-hybridized carbons (Fsp3) is 0.429. The molecular formula is C7H8N2O5S2. The zero-order valence-corrected chi connectivity index (χ0v) is 9.75. The second-order valence-electron chi connectivity index (χ2n) is 2.70. The summed E-state index contributed by atoms with van der Waals surface area (Å²) in [6.45, 7) is 1.73. The maximum Gasteiger partial charge on any atom is 0.355 e. The van der Waals surface area contributed by atoms with Crippen LogP contribution in [0.25, 0.3) is 0 Å². The average molecular weight is 264 g/mol. The van der Waals surface area contributed by atoms with E-state index in [1.165, 1.54) is 11.3 Å². The van der Waals surface area contributed by atoms with E-state index in [4.69, 9.17) is 10.4 Å². The van der Waals surface area contributed by atoms with Crippen LogP contribution in [-0.2, 0) is 14.5 Å². The number of aryl methyl sites for hydroxylation is 1. The van der Waals surface area contributed by atoms with Crippen LogP contribution in [0.15, 0.2) is 4.34 Å². The van der Waals surface area contributed by atoms with E-state index in [-0.39, 0.29) is 0 Å². The van der Waals surface area contributed by atoms with Crippen LogP contribution in [0.5, 0.6) is 0 Å². The van der Waals surface area contributed by atoms with E-state index in [1.54, 1.807) is 6.92 Å². The largest absolute Gasteiger partial charge is 0.481 e. The highest BCUT2D eigenvalue weighted by Gasteiger charge is 2.26. The predicted molar refractivity (Wildman–Crippen MR) is 55.3 cm³/mol. The van der Waals surface area contributed by atoms with Gasteiger partial charge in [-0.3, -0.25) is 9.68 Å². The van der Waals surface area contributed by atoms with Gasteiger partial charge in [-0.05, 0) is 6.92 Å². The van der Waals surface area contributed by atoms with Gasteiger partial charge in [0.05, 0.1) is 6.42 Å². The van der Waals surface area contributed by atoms with E-state index in [2.05, 4.69) is 15.1 Å². The topological polar surface area (TPSA) is 110 Å². The van der Waals surface area contributed by atoms with Gasteiger partial charge in [0.2, 0.25) is 0 Å². The van der Waals surface area contributed by atoms with Crippen molar-refractivity contribution in [2.45, 2.75) is 22.9 Å². The summed E-state index contributed by atoms with van der Waals surface area (Å²) in [5.74, 6) is -2.18. The number of rotatable bonds is 5. The summed E-state index contributed by atoms with van der Waals surface area (Å²) >= 11 is 2.13. The van der Waals surface area contributed by atoms with Gasteiger partial charge < -0.3 is 5.11 Å². The monoisotopic (exact) mass is 264 g/mol. The number of hydrogen-bond acceptors (Lipinski definition) is 8. The van der Waals surface area contributed by atoms with Crippen LogP contribution in [0, 0.1) is 6.92 Å². The Hall–Kier alpha value is -1.19. The van der Waals surface area contributed by atoms with E-state index in [1.807, 2.05) is 0 Å². The van der Waals surface area contributed by atoms with Crippen LogP contribution in [0.3, 0.4) is 0 Å². The normalized spacial score (nSPS) is 12.1. The lowest BCUT2D eigenvalue weighted by molar-refractivity contribution is -0.233. The third-order valence-corrected chi connectivity index (χ3v) is 3.56. The molecule has 0 bridgehead atoms. The summed E-state index contributed by atoms with van der Waals surface area (Å²) < 4.78 is 0.453. The lowest BCUT2D eigenvalue weighted by atomic mass is 10.3. The van der Waals surface area contributed by atoms with Gasteiger partial charge in [0.1, 0.15) is 10.3 Å². The van der Waals surface area contributed by atoms with Gasteiger partial charge in [-0.2, -0.15) is 5.26 Å². The van der Waals surface area contributed by atoms with Crippen molar-refractivity contribution in [3.8, 4) is 0 Å². The number of aromatic nitrogens is 2. The van der Waals surface area contributed by atoms with Crippen molar-refractivity contribution in [2.24, 2.45) is 0 Å². The van der Waals surface area contributed by atoms with E-state index in [0.717, 1.165) is 11.8 Å². The molecule has 0 aliphatic carbocycles. The molecule has 16 heavy (non-hydrogen) atoms. The maximum atomic E-state index is 11.1. The molecule has 0 aromatic carbocycles. The summed E-state index contributed by atoms with van der Waals surface area (Å²) in [4.78, 5) is 25.1. The van der Waals surface area contributed by atoms with Crippen LogP contribution in [-0.4, -0.2) is 37.7 Å². The molecule has 1 atom stereocenters. The van der Waals surface area contributed by atoms with Gasteiger partial charge in [0, 0.05) is 0 Å². The molecule has 1 aromatic heterocycles. The Morgan fingerprint density at radius 2 is 2.25 bits per heavy atom. The van der Waals surface area contributed by atoms with Gasteiger partial charge in [0.15, 0.2) is 4.34 Å². The van der Waals surface area contributed by atoms with E-state index >= 15 is 0 Å². The summed E-state index contributed by atoms with van der Waals surface area (Å²) in [6, 6.07) is 0. The molecule has 1 rings (SSSR count). The van der Waals surface area contributed by atoms with Crippen molar-refractivity contribution < 1.29 is 24.8 Å². The number of hydrogen-bond donors (Lipinski definition) is 2. The van der Waals surface area contributed by atoms with Crippen molar-refractivity contribution in [3.05, 3.63) is 5.01 Å². The van der Waals surface area contributed by atoms with Gasteiger partial charge in [0.25, 0.3) is 0 Å². The van der Waals surface area contributed by atoms with Gasteiger partial charge in [-0.1, -0.05) is 23.1 Å². The molecule has 1 unspecified atom stereocenters. The second-order valence-corrected chi connectivity index (χ2v) is 5.33. The molecule has 0 amide bonds. The molecule has 0 saturated heterocycles. The Morgan fingerprint density at radius 3 is 2.69 bits per heavy atom. The van der Waals surface area contributed by atoms with E-state index < -0.39 is 23.6 Å². The zero-order chi connectivity index (χ0) is 12.1. The molecular weight excluding hydrogens is 256 g/mol. The SMILES string of the molecule is Cc1nnc(SC(CC(=O)O)C(=O)OO)s1. The van der Waals surface area contributed by atoms with Crippen LogP contribution in [0.2, 0.25) is 0 Å². The molecule has 1 heterocycles. The molecule has 0 fully saturated rings. The fourth-order valence-electron chi connectivity index (χ4n) is 0.838. The lowest BCUT2D eigenvalue weighted by Crippen LogP contribution is -2.22. The molecule has 0 aliphatic heterocycles. The Labute approximate surface area is 98.4 Å².